The van der Waals surface area contributed by atoms with Gasteiger partial charge in [0.05, 0.1) is 0 Å². The molecule has 0 unspecified atom stereocenters. The minimum atomic E-state index is -0.131. The van der Waals surface area contributed by atoms with E-state index in [-0.39, 0.29) is 5.56 Å². The van der Waals surface area contributed by atoms with Crippen molar-refractivity contribution >= 4 is 5.95 Å². The predicted octanol–water partition coefficient (Wildman–Crippen LogP) is 2.11. The molecule has 0 amide bonds. The standard InChI is InChI=1S/C12H15N3O/c1-9-8-11(16)15-12(13-9)14-10-6-4-2-3-5-7-10/h4,6-8H,2-3,5H2,1H3,(H2,13,14,15,16). The van der Waals surface area contributed by atoms with E-state index >= 15 is 0 Å². The first kappa shape index (κ1) is 10.7. The summed E-state index contributed by atoms with van der Waals surface area (Å²) in [5.74, 6) is 0.503. The van der Waals surface area contributed by atoms with Crippen LogP contribution in [0.4, 0.5) is 5.95 Å². The second-order valence-electron chi connectivity index (χ2n) is 3.85. The van der Waals surface area contributed by atoms with Crippen LogP contribution in [0.3, 0.4) is 0 Å². The van der Waals surface area contributed by atoms with E-state index in [2.05, 4.69) is 27.4 Å². The van der Waals surface area contributed by atoms with E-state index in [1.54, 1.807) is 6.92 Å². The van der Waals surface area contributed by atoms with Crippen molar-refractivity contribution in [3.05, 3.63) is 46.0 Å². The maximum atomic E-state index is 11.2. The fourth-order valence-corrected chi connectivity index (χ4v) is 1.64. The molecular formula is C12H15N3O. The minimum absolute atomic E-state index is 0.131. The molecule has 0 bridgehead atoms. The molecule has 0 saturated heterocycles. The Morgan fingerprint density at radius 1 is 1.44 bits per heavy atom. The van der Waals surface area contributed by atoms with Crippen molar-refractivity contribution in [2.75, 3.05) is 5.32 Å². The van der Waals surface area contributed by atoms with Crippen LogP contribution in [-0.2, 0) is 0 Å². The lowest BCUT2D eigenvalue weighted by Crippen LogP contribution is -2.12. The van der Waals surface area contributed by atoms with Gasteiger partial charge in [0.25, 0.3) is 5.56 Å². The summed E-state index contributed by atoms with van der Waals surface area (Å²) in [5, 5.41) is 3.11. The molecule has 1 heterocycles. The van der Waals surface area contributed by atoms with Crippen LogP contribution in [0.1, 0.15) is 25.0 Å². The number of aromatic amines is 1. The van der Waals surface area contributed by atoms with Gasteiger partial charge in [0.2, 0.25) is 5.95 Å². The van der Waals surface area contributed by atoms with Crippen molar-refractivity contribution < 1.29 is 0 Å². The fraction of sp³-hybridized carbons (Fsp3) is 0.333. The largest absolute Gasteiger partial charge is 0.326 e. The van der Waals surface area contributed by atoms with Crippen LogP contribution in [0.2, 0.25) is 0 Å². The molecule has 1 aliphatic carbocycles. The number of allylic oxidation sites excluding steroid dienone is 3. The molecule has 0 saturated carbocycles. The summed E-state index contributed by atoms with van der Waals surface area (Å²) in [6, 6.07) is 1.47. The highest BCUT2D eigenvalue weighted by Gasteiger charge is 2.00. The van der Waals surface area contributed by atoms with Gasteiger partial charge in [0, 0.05) is 17.5 Å². The molecule has 0 atom stereocenters. The normalized spacial score (nSPS) is 15.4. The molecule has 1 aromatic rings. The van der Waals surface area contributed by atoms with E-state index in [1.807, 2.05) is 6.08 Å². The van der Waals surface area contributed by atoms with Crippen molar-refractivity contribution in [2.24, 2.45) is 0 Å². The molecule has 1 aliphatic rings. The topological polar surface area (TPSA) is 57.8 Å². The first-order chi connectivity index (χ1) is 7.74. The van der Waals surface area contributed by atoms with Crippen LogP contribution in [0, 0.1) is 6.92 Å². The number of hydrogen-bond acceptors (Lipinski definition) is 3. The van der Waals surface area contributed by atoms with Gasteiger partial charge in [-0.3, -0.25) is 9.78 Å². The second kappa shape index (κ2) is 4.79. The van der Waals surface area contributed by atoms with Crippen molar-refractivity contribution in [2.45, 2.75) is 26.2 Å². The molecule has 0 spiro atoms. The van der Waals surface area contributed by atoms with Crippen molar-refractivity contribution in [3.8, 4) is 0 Å². The molecule has 2 rings (SSSR count). The highest BCUT2D eigenvalue weighted by molar-refractivity contribution is 5.40. The molecule has 2 N–H and O–H groups in total. The van der Waals surface area contributed by atoms with Gasteiger partial charge in [-0.2, -0.15) is 0 Å². The predicted molar refractivity (Wildman–Crippen MR) is 64.3 cm³/mol. The number of nitrogens with one attached hydrogen (secondary N) is 2. The van der Waals surface area contributed by atoms with E-state index in [0.29, 0.717) is 11.6 Å². The molecule has 0 aromatic carbocycles. The summed E-state index contributed by atoms with van der Waals surface area (Å²) in [5.41, 5.74) is 1.57. The van der Waals surface area contributed by atoms with E-state index in [4.69, 9.17) is 0 Å². The second-order valence-corrected chi connectivity index (χ2v) is 3.85. The third kappa shape index (κ3) is 2.82. The summed E-state index contributed by atoms with van der Waals surface area (Å²) >= 11 is 0. The van der Waals surface area contributed by atoms with Crippen LogP contribution in [0.5, 0.6) is 0 Å². The average Bonchev–Trinajstić information content (AvgIpc) is 2.44. The van der Waals surface area contributed by atoms with Crippen molar-refractivity contribution in [3.63, 3.8) is 0 Å². The van der Waals surface area contributed by atoms with Crippen molar-refractivity contribution in [1.29, 1.82) is 0 Å². The summed E-state index contributed by atoms with van der Waals surface area (Å²) < 4.78 is 0. The smallest absolute Gasteiger partial charge is 0.252 e. The number of rotatable bonds is 2. The highest BCUT2D eigenvalue weighted by atomic mass is 16.1. The van der Waals surface area contributed by atoms with Crippen LogP contribution in [0.15, 0.2) is 34.8 Å². The SMILES string of the molecule is Cc1cc(=O)[nH]c(NC2=CCCCC=C2)n1. The fourth-order valence-electron chi connectivity index (χ4n) is 1.64. The molecule has 4 heteroatoms. The van der Waals surface area contributed by atoms with E-state index < -0.39 is 0 Å². The molecule has 84 valence electrons. The molecule has 4 nitrogen and oxygen atoms in total. The Hall–Kier alpha value is -1.84. The summed E-state index contributed by atoms with van der Waals surface area (Å²) in [7, 11) is 0. The van der Waals surface area contributed by atoms with Gasteiger partial charge >= 0.3 is 0 Å². The third-order valence-corrected chi connectivity index (χ3v) is 2.37. The van der Waals surface area contributed by atoms with Gasteiger partial charge in [-0.1, -0.05) is 12.2 Å². The summed E-state index contributed by atoms with van der Waals surface area (Å²) in [6.07, 6.45) is 9.57. The summed E-state index contributed by atoms with van der Waals surface area (Å²) in [6.45, 7) is 1.80. The first-order valence-electron chi connectivity index (χ1n) is 5.46. The highest BCUT2D eigenvalue weighted by Crippen LogP contribution is 2.11. The van der Waals surface area contributed by atoms with Gasteiger partial charge < -0.3 is 5.32 Å². The first-order valence-corrected chi connectivity index (χ1v) is 5.46. The minimum Gasteiger partial charge on any atom is -0.326 e. The Balaban J connectivity index is 2.19. The summed E-state index contributed by atoms with van der Waals surface area (Å²) in [4.78, 5) is 18.1. The number of H-pyrrole nitrogens is 1. The Kier molecular flexibility index (Phi) is 3.19. The van der Waals surface area contributed by atoms with Crippen LogP contribution in [0.25, 0.3) is 0 Å². The average molecular weight is 217 g/mol. The molecule has 16 heavy (non-hydrogen) atoms. The Bertz CT molecular complexity index is 485. The molecular weight excluding hydrogens is 202 g/mol. The quantitative estimate of drug-likeness (QED) is 0.797. The zero-order chi connectivity index (χ0) is 11.4. The zero-order valence-electron chi connectivity index (χ0n) is 9.29. The Labute approximate surface area is 94.1 Å². The third-order valence-electron chi connectivity index (χ3n) is 2.37. The maximum Gasteiger partial charge on any atom is 0.252 e. The lowest BCUT2D eigenvalue weighted by molar-refractivity contribution is 0.874. The monoisotopic (exact) mass is 217 g/mol. The van der Waals surface area contributed by atoms with Gasteiger partial charge in [0.15, 0.2) is 0 Å². The van der Waals surface area contributed by atoms with Crippen LogP contribution in [-0.4, -0.2) is 9.97 Å². The Morgan fingerprint density at radius 2 is 2.31 bits per heavy atom. The van der Waals surface area contributed by atoms with Gasteiger partial charge in [-0.05, 0) is 32.3 Å². The van der Waals surface area contributed by atoms with Gasteiger partial charge in [-0.15, -0.1) is 0 Å². The number of anilines is 1. The van der Waals surface area contributed by atoms with Crippen LogP contribution >= 0.6 is 0 Å². The van der Waals surface area contributed by atoms with Crippen LogP contribution < -0.4 is 10.9 Å². The molecule has 0 fully saturated rings. The van der Waals surface area contributed by atoms with Gasteiger partial charge in [0.1, 0.15) is 0 Å². The molecule has 1 aromatic heterocycles. The van der Waals surface area contributed by atoms with Gasteiger partial charge in [-0.25, -0.2) is 4.98 Å². The van der Waals surface area contributed by atoms with E-state index in [1.165, 1.54) is 12.5 Å². The molecule has 0 aliphatic heterocycles. The van der Waals surface area contributed by atoms with Crippen molar-refractivity contribution in [1.82, 2.24) is 9.97 Å². The number of nitrogens with zero attached hydrogens (tertiary/aromatic N) is 1. The number of hydrogen-bond donors (Lipinski definition) is 2. The Morgan fingerprint density at radius 3 is 3.12 bits per heavy atom. The number of aryl methyl sites for hydroxylation is 1. The lowest BCUT2D eigenvalue weighted by atomic mass is 10.2. The molecule has 0 radical (unpaired) electrons. The number of aromatic nitrogens is 2. The van der Waals surface area contributed by atoms with E-state index in [0.717, 1.165) is 18.5 Å². The van der Waals surface area contributed by atoms with E-state index in [9.17, 15) is 4.79 Å². The maximum absolute atomic E-state index is 11.2. The zero-order valence-corrected chi connectivity index (χ0v) is 9.29. The lowest BCUT2D eigenvalue weighted by Gasteiger charge is -2.05.